The SMILES string of the molecule is COc1ccc(NCC#CC(C)(C)C)c(OC)c1. The van der Waals surface area contributed by atoms with E-state index < -0.39 is 0 Å². The molecule has 0 heterocycles. The molecule has 0 spiro atoms. The third-order valence-electron chi connectivity index (χ3n) is 2.24. The van der Waals surface area contributed by atoms with Crippen molar-refractivity contribution in [2.45, 2.75) is 20.8 Å². The predicted molar refractivity (Wildman–Crippen MR) is 75.3 cm³/mol. The summed E-state index contributed by atoms with van der Waals surface area (Å²) in [6, 6.07) is 5.66. The highest BCUT2D eigenvalue weighted by Crippen LogP contribution is 2.28. The van der Waals surface area contributed by atoms with Crippen LogP contribution in [0.4, 0.5) is 5.69 Å². The molecule has 1 N–H and O–H groups in total. The van der Waals surface area contributed by atoms with E-state index in [4.69, 9.17) is 9.47 Å². The van der Waals surface area contributed by atoms with Crippen LogP contribution in [0.1, 0.15) is 20.8 Å². The summed E-state index contributed by atoms with van der Waals surface area (Å²) in [6.45, 7) is 6.87. The molecule has 1 rings (SSSR count). The van der Waals surface area contributed by atoms with E-state index in [1.807, 2.05) is 18.2 Å². The molecule has 0 aliphatic carbocycles. The first-order chi connectivity index (χ1) is 8.46. The van der Waals surface area contributed by atoms with Crippen LogP contribution in [-0.2, 0) is 0 Å². The number of hydrogen-bond acceptors (Lipinski definition) is 3. The summed E-state index contributed by atoms with van der Waals surface area (Å²) in [7, 11) is 3.28. The lowest BCUT2D eigenvalue weighted by atomic mass is 9.98. The first-order valence-corrected chi connectivity index (χ1v) is 5.92. The van der Waals surface area contributed by atoms with Gasteiger partial charge < -0.3 is 14.8 Å². The van der Waals surface area contributed by atoms with Crippen LogP contribution in [0.3, 0.4) is 0 Å². The number of nitrogens with one attached hydrogen (secondary N) is 1. The number of hydrogen-bond donors (Lipinski definition) is 1. The van der Waals surface area contributed by atoms with Gasteiger partial charge in [0, 0.05) is 11.5 Å². The molecule has 0 amide bonds. The van der Waals surface area contributed by atoms with Gasteiger partial charge in [0.15, 0.2) is 0 Å². The van der Waals surface area contributed by atoms with Crippen molar-refractivity contribution in [1.29, 1.82) is 0 Å². The molecule has 3 heteroatoms. The lowest BCUT2D eigenvalue weighted by Gasteiger charge is -2.11. The maximum atomic E-state index is 5.30. The largest absolute Gasteiger partial charge is 0.497 e. The third-order valence-corrected chi connectivity index (χ3v) is 2.24. The molecular formula is C15H21NO2. The molecule has 0 atom stereocenters. The summed E-state index contributed by atoms with van der Waals surface area (Å²) in [4.78, 5) is 0. The second-order valence-electron chi connectivity index (χ2n) is 4.97. The molecule has 0 aromatic heterocycles. The lowest BCUT2D eigenvalue weighted by Crippen LogP contribution is -2.04. The number of methoxy groups -OCH3 is 2. The van der Waals surface area contributed by atoms with Gasteiger partial charge in [0.05, 0.1) is 26.5 Å². The van der Waals surface area contributed by atoms with Gasteiger partial charge in [-0.15, -0.1) is 0 Å². The van der Waals surface area contributed by atoms with Gasteiger partial charge in [-0.3, -0.25) is 0 Å². The Morgan fingerprint density at radius 2 is 1.89 bits per heavy atom. The number of ether oxygens (including phenoxy) is 2. The van der Waals surface area contributed by atoms with E-state index in [2.05, 4.69) is 37.9 Å². The molecule has 18 heavy (non-hydrogen) atoms. The lowest BCUT2D eigenvalue weighted by molar-refractivity contribution is 0.395. The van der Waals surface area contributed by atoms with E-state index in [0.29, 0.717) is 6.54 Å². The summed E-state index contributed by atoms with van der Waals surface area (Å²) in [5, 5.41) is 3.23. The maximum absolute atomic E-state index is 5.30. The average Bonchev–Trinajstić information content (AvgIpc) is 2.33. The smallest absolute Gasteiger partial charge is 0.145 e. The van der Waals surface area contributed by atoms with E-state index in [-0.39, 0.29) is 5.41 Å². The average molecular weight is 247 g/mol. The predicted octanol–water partition coefficient (Wildman–Crippen LogP) is 3.17. The summed E-state index contributed by atoms with van der Waals surface area (Å²) in [5.41, 5.74) is 0.951. The molecule has 0 unspecified atom stereocenters. The number of benzene rings is 1. The normalized spacial score (nSPS) is 10.3. The zero-order valence-corrected chi connectivity index (χ0v) is 11.8. The fourth-order valence-electron chi connectivity index (χ4n) is 1.39. The molecule has 0 radical (unpaired) electrons. The molecule has 0 bridgehead atoms. The first kappa shape index (κ1) is 14.2. The summed E-state index contributed by atoms with van der Waals surface area (Å²) >= 11 is 0. The Morgan fingerprint density at radius 3 is 2.44 bits per heavy atom. The van der Waals surface area contributed by atoms with Gasteiger partial charge in [0.25, 0.3) is 0 Å². The van der Waals surface area contributed by atoms with E-state index in [1.54, 1.807) is 14.2 Å². The minimum atomic E-state index is 0.0334. The molecule has 98 valence electrons. The molecule has 0 aliphatic rings. The van der Waals surface area contributed by atoms with Gasteiger partial charge in [0.1, 0.15) is 11.5 Å². The van der Waals surface area contributed by atoms with Gasteiger partial charge in [-0.2, -0.15) is 0 Å². The molecule has 0 saturated carbocycles. The number of anilines is 1. The van der Waals surface area contributed by atoms with Crippen molar-refractivity contribution in [1.82, 2.24) is 0 Å². The molecule has 1 aromatic rings. The van der Waals surface area contributed by atoms with E-state index in [9.17, 15) is 0 Å². The van der Waals surface area contributed by atoms with Crippen molar-refractivity contribution in [2.24, 2.45) is 5.41 Å². The Balaban J connectivity index is 2.69. The van der Waals surface area contributed by atoms with Gasteiger partial charge in [-0.25, -0.2) is 0 Å². The Kier molecular flexibility index (Phi) is 4.91. The van der Waals surface area contributed by atoms with Crippen molar-refractivity contribution in [3.8, 4) is 23.3 Å². The fraction of sp³-hybridized carbons (Fsp3) is 0.467. The maximum Gasteiger partial charge on any atom is 0.145 e. The van der Waals surface area contributed by atoms with Crippen LogP contribution < -0.4 is 14.8 Å². The Labute approximate surface area is 109 Å². The standard InChI is InChI=1S/C15H21NO2/c1-15(2,3)9-6-10-16-13-8-7-12(17-4)11-14(13)18-5/h7-8,11,16H,10H2,1-5H3. The minimum absolute atomic E-state index is 0.0334. The van der Waals surface area contributed by atoms with Crippen LogP contribution in [0.2, 0.25) is 0 Å². The Bertz CT molecular complexity index is 450. The van der Waals surface area contributed by atoms with Crippen molar-refractivity contribution in [2.75, 3.05) is 26.1 Å². The van der Waals surface area contributed by atoms with Gasteiger partial charge in [-0.1, -0.05) is 11.8 Å². The van der Waals surface area contributed by atoms with Crippen LogP contribution in [-0.4, -0.2) is 20.8 Å². The van der Waals surface area contributed by atoms with Crippen molar-refractivity contribution < 1.29 is 9.47 Å². The third kappa shape index (κ3) is 4.58. The fourth-order valence-corrected chi connectivity index (χ4v) is 1.39. The molecule has 3 nitrogen and oxygen atoms in total. The monoisotopic (exact) mass is 247 g/mol. The Morgan fingerprint density at radius 1 is 1.17 bits per heavy atom. The van der Waals surface area contributed by atoms with Gasteiger partial charge >= 0.3 is 0 Å². The number of rotatable bonds is 4. The van der Waals surface area contributed by atoms with Crippen LogP contribution in [0.25, 0.3) is 0 Å². The Hall–Kier alpha value is -1.82. The highest BCUT2D eigenvalue weighted by molar-refractivity contribution is 5.59. The highest BCUT2D eigenvalue weighted by atomic mass is 16.5. The van der Waals surface area contributed by atoms with Crippen molar-refractivity contribution in [3.05, 3.63) is 18.2 Å². The second kappa shape index (κ2) is 6.20. The second-order valence-corrected chi connectivity index (χ2v) is 4.97. The quantitative estimate of drug-likeness (QED) is 0.829. The van der Waals surface area contributed by atoms with Crippen LogP contribution in [0.15, 0.2) is 18.2 Å². The molecule has 1 aromatic carbocycles. The van der Waals surface area contributed by atoms with E-state index in [0.717, 1.165) is 17.2 Å². The summed E-state index contributed by atoms with van der Waals surface area (Å²) in [6.07, 6.45) is 0. The van der Waals surface area contributed by atoms with Crippen LogP contribution in [0.5, 0.6) is 11.5 Å². The van der Waals surface area contributed by atoms with E-state index >= 15 is 0 Å². The van der Waals surface area contributed by atoms with E-state index in [1.165, 1.54) is 0 Å². The molecule has 0 fully saturated rings. The van der Waals surface area contributed by atoms with Crippen molar-refractivity contribution in [3.63, 3.8) is 0 Å². The van der Waals surface area contributed by atoms with Crippen LogP contribution in [0, 0.1) is 17.3 Å². The zero-order chi connectivity index (χ0) is 13.6. The molecule has 0 aliphatic heterocycles. The first-order valence-electron chi connectivity index (χ1n) is 5.92. The highest BCUT2D eigenvalue weighted by Gasteiger charge is 2.04. The molecular weight excluding hydrogens is 226 g/mol. The summed E-state index contributed by atoms with van der Waals surface area (Å²) < 4.78 is 10.4. The summed E-state index contributed by atoms with van der Waals surface area (Å²) in [5.74, 6) is 7.81. The van der Waals surface area contributed by atoms with Gasteiger partial charge in [-0.05, 0) is 32.9 Å². The molecule has 0 saturated heterocycles. The topological polar surface area (TPSA) is 30.5 Å². The van der Waals surface area contributed by atoms with Crippen molar-refractivity contribution >= 4 is 5.69 Å². The minimum Gasteiger partial charge on any atom is -0.497 e. The zero-order valence-electron chi connectivity index (χ0n) is 11.8. The van der Waals surface area contributed by atoms with Gasteiger partial charge in [0.2, 0.25) is 0 Å². The van der Waals surface area contributed by atoms with Crippen LogP contribution >= 0.6 is 0 Å².